The van der Waals surface area contributed by atoms with E-state index in [2.05, 4.69) is 10.6 Å². The van der Waals surface area contributed by atoms with E-state index >= 15 is 0 Å². The number of anilines is 1. The van der Waals surface area contributed by atoms with E-state index in [4.69, 9.17) is 9.47 Å². The summed E-state index contributed by atoms with van der Waals surface area (Å²) in [5.41, 5.74) is 2.43. The van der Waals surface area contributed by atoms with Gasteiger partial charge in [-0.25, -0.2) is 4.79 Å². The molecule has 1 aromatic carbocycles. The molecule has 0 unspecified atom stereocenters. The number of methoxy groups -OCH3 is 1. The molecule has 8 nitrogen and oxygen atoms in total. The molecule has 10 heteroatoms. The van der Waals surface area contributed by atoms with Crippen LogP contribution in [0.3, 0.4) is 0 Å². The molecule has 2 aliphatic rings. The van der Waals surface area contributed by atoms with Crippen LogP contribution in [0.25, 0.3) is 0 Å². The second kappa shape index (κ2) is 7.90. The first kappa shape index (κ1) is 20.1. The maximum absolute atomic E-state index is 12.9. The zero-order chi connectivity index (χ0) is 20.7. The number of hydrogen-bond donors (Lipinski definition) is 3. The summed E-state index contributed by atoms with van der Waals surface area (Å²) in [5, 5.41) is 17.2. The van der Waals surface area contributed by atoms with E-state index in [1.807, 2.05) is 22.6 Å². The van der Waals surface area contributed by atoms with E-state index in [0.717, 1.165) is 21.0 Å². The van der Waals surface area contributed by atoms with E-state index in [-0.39, 0.29) is 17.7 Å². The van der Waals surface area contributed by atoms with Crippen molar-refractivity contribution in [1.29, 1.82) is 0 Å². The average molecular weight is 529 g/mol. The molecule has 29 heavy (non-hydrogen) atoms. The average Bonchev–Trinajstić information content (AvgIpc) is 3.08. The van der Waals surface area contributed by atoms with Crippen LogP contribution in [0.4, 0.5) is 9.80 Å². The Bertz CT molecular complexity index is 993. The lowest BCUT2D eigenvalue weighted by atomic mass is 10.0. The molecule has 2 aliphatic heterocycles. The molecule has 0 aliphatic carbocycles. The number of nitrogens with one attached hydrogen (secondary N) is 2. The number of fused-ring (bicyclic) bond motifs is 3. The van der Waals surface area contributed by atoms with Gasteiger partial charge in [0.1, 0.15) is 11.2 Å². The summed E-state index contributed by atoms with van der Waals surface area (Å²) in [7, 11) is 1.49. The lowest BCUT2D eigenvalue weighted by Crippen LogP contribution is -2.39. The van der Waals surface area contributed by atoms with Gasteiger partial charge >= 0.3 is 6.09 Å². The van der Waals surface area contributed by atoms with Crippen LogP contribution in [0.1, 0.15) is 39.5 Å². The number of halogens is 1. The maximum Gasteiger partial charge on any atom is 0.410 e. The minimum atomic E-state index is -0.445. The van der Waals surface area contributed by atoms with Gasteiger partial charge in [0.05, 0.1) is 29.4 Å². The van der Waals surface area contributed by atoms with Crippen LogP contribution in [-0.2, 0) is 17.7 Å². The molecule has 0 fully saturated rings. The number of phenolic OH excluding ortho intramolecular Hbond substituents is 1. The van der Waals surface area contributed by atoms with Gasteiger partial charge in [-0.3, -0.25) is 4.79 Å². The molecular formula is C19H20IN3O5S. The van der Waals surface area contributed by atoms with Crippen molar-refractivity contribution in [1.82, 2.24) is 10.2 Å². The van der Waals surface area contributed by atoms with Crippen LogP contribution in [-0.4, -0.2) is 42.3 Å². The third-order valence-corrected chi connectivity index (χ3v) is 6.94. The van der Waals surface area contributed by atoms with Gasteiger partial charge < -0.3 is 30.1 Å². The molecule has 0 saturated heterocycles. The molecule has 3 N–H and O–H groups in total. The summed E-state index contributed by atoms with van der Waals surface area (Å²) in [4.78, 5) is 27.6. The number of nitrogens with zero attached hydrogens (tertiary/aromatic N) is 1. The molecule has 0 bridgehead atoms. The molecular weight excluding hydrogens is 509 g/mol. The Balaban J connectivity index is 1.62. The van der Waals surface area contributed by atoms with Crippen molar-refractivity contribution in [3.05, 3.63) is 37.3 Å². The minimum Gasteiger partial charge on any atom is -0.504 e. The Kier molecular flexibility index (Phi) is 5.47. The molecule has 0 saturated carbocycles. The fourth-order valence-corrected chi connectivity index (χ4v) is 5.48. The SMILES string of the molecule is CCOC(=O)N1CCc2c(sc3c2C(=O)N[C@@H](c2cc(I)c(O)c(OC)c2)N3)C1. The Morgan fingerprint density at radius 2 is 2.21 bits per heavy atom. The van der Waals surface area contributed by atoms with Crippen LogP contribution in [0, 0.1) is 3.57 Å². The summed E-state index contributed by atoms with van der Waals surface area (Å²) in [6.45, 7) is 3.09. The summed E-state index contributed by atoms with van der Waals surface area (Å²) in [6, 6.07) is 3.51. The van der Waals surface area contributed by atoms with Crippen molar-refractivity contribution < 1.29 is 24.2 Å². The summed E-state index contributed by atoms with van der Waals surface area (Å²) in [5.74, 6) is 0.280. The second-order valence-corrected chi connectivity index (χ2v) is 8.95. The van der Waals surface area contributed by atoms with Gasteiger partial charge in [-0.15, -0.1) is 11.3 Å². The lowest BCUT2D eigenvalue weighted by molar-refractivity contribution is 0.0934. The number of carbonyl (C=O) groups is 2. The topological polar surface area (TPSA) is 100 Å². The number of aromatic hydroxyl groups is 1. The standard InChI is InChI=1S/C19H20IN3O5S/c1-3-28-19(26)23-5-4-10-13(8-23)29-18-14(10)17(25)21-16(22-18)9-6-11(20)15(24)12(7-9)27-2/h6-7,16,22,24H,3-5,8H2,1-2H3,(H,21,25)/t16-/m1/s1. The molecule has 1 aromatic heterocycles. The number of carbonyl (C=O) groups excluding carboxylic acids is 2. The molecule has 0 radical (unpaired) electrons. The van der Waals surface area contributed by atoms with Crippen molar-refractivity contribution in [3.63, 3.8) is 0 Å². The van der Waals surface area contributed by atoms with E-state index in [1.165, 1.54) is 18.4 Å². The monoisotopic (exact) mass is 529 g/mol. The number of amides is 2. The molecule has 2 aromatic rings. The number of rotatable bonds is 3. The summed E-state index contributed by atoms with van der Waals surface area (Å²) in [6.07, 6.45) is -0.158. The van der Waals surface area contributed by atoms with Crippen LogP contribution in [0.15, 0.2) is 12.1 Å². The van der Waals surface area contributed by atoms with Crippen LogP contribution in [0.2, 0.25) is 0 Å². The van der Waals surface area contributed by atoms with Crippen molar-refractivity contribution in [2.45, 2.75) is 26.1 Å². The van der Waals surface area contributed by atoms with Gasteiger partial charge in [-0.05, 0) is 59.2 Å². The minimum absolute atomic E-state index is 0.0744. The number of thiophene rings is 1. The van der Waals surface area contributed by atoms with E-state index in [0.29, 0.717) is 41.0 Å². The Labute approximate surface area is 185 Å². The van der Waals surface area contributed by atoms with Gasteiger partial charge in [0.25, 0.3) is 5.91 Å². The van der Waals surface area contributed by atoms with Gasteiger partial charge in [-0.2, -0.15) is 0 Å². The van der Waals surface area contributed by atoms with Crippen LogP contribution >= 0.6 is 33.9 Å². The fourth-order valence-electron chi connectivity index (χ4n) is 3.57. The fraction of sp³-hybridized carbons (Fsp3) is 0.368. The predicted octanol–water partition coefficient (Wildman–Crippen LogP) is 3.44. The number of phenols is 1. The molecule has 0 spiro atoms. The first-order chi connectivity index (χ1) is 13.9. The third-order valence-electron chi connectivity index (χ3n) is 4.96. The zero-order valence-electron chi connectivity index (χ0n) is 15.9. The highest BCUT2D eigenvalue weighted by Gasteiger charge is 2.34. The highest BCUT2D eigenvalue weighted by Crippen LogP contribution is 2.42. The normalized spacial score (nSPS) is 17.7. The molecule has 154 valence electrons. The number of hydrogen-bond acceptors (Lipinski definition) is 7. The number of benzene rings is 1. The summed E-state index contributed by atoms with van der Waals surface area (Å²) >= 11 is 3.52. The third kappa shape index (κ3) is 3.59. The van der Waals surface area contributed by atoms with Gasteiger partial charge in [0, 0.05) is 11.4 Å². The maximum atomic E-state index is 12.9. The van der Waals surface area contributed by atoms with Crippen molar-refractivity contribution in [3.8, 4) is 11.5 Å². The predicted molar refractivity (Wildman–Crippen MR) is 117 cm³/mol. The smallest absolute Gasteiger partial charge is 0.410 e. The first-order valence-electron chi connectivity index (χ1n) is 9.13. The lowest BCUT2D eigenvalue weighted by Gasteiger charge is -2.28. The number of ether oxygens (including phenoxy) is 2. The Morgan fingerprint density at radius 1 is 1.41 bits per heavy atom. The molecule has 2 amide bonds. The van der Waals surface area contributed by atoms with Crippen molar-refractivity contribution in [2.75, 3.05) is 25.6 Å². The van der Waals surface area contributed by atoms with E-state index in [9.17, 15) is 14.7 Å². The summed E-state index contributed by atoms with van der Waals surface area (Å²) < 4.78 is 11.0. The van der Waals surface area contributed by atoms with E-state index < -0.39 is 6.17 Å². The molecule has 4 rings (SSSR count). The molecule has 1 atom stereocenters. The van der Waals surface area contributed by atoms with Gasteiger partial charge in [0.2, 0.25) is 0 Å². The van der Waals surface area contributed by atoms with Gasteiger partial charge in [0.15, 0.2) is 11.5 Å². The highest BCUT2D eigenvalue weighted by atomic mass is 127. The van der Waals surface area contributed by atoms with Crippen LogP contribution in [0.5, 0.6) is 11.5 Å². The van der Waals surface area contributed by atoms with E-state index in [1.54, 1.807) is 24.0 Å². The van der Waals surface area contributed by atoms with Crippen molar-refractivity contribution >= 4 is 50.9 Å². The van der Waals surface area contributed by atoms with Crippen molar-refractivity contribution in [2.24, 2.45) is 0 Å². The quantitative estimate of drug-likeness (QED) is 0.527. The van der Waals surface area contributed by atoms with Gasteiger partial charge in [-0.1, -0.05) is 0 Å². The highest BCUT2D eigenvalue weighted by molar-refractivity contribution is 14.1. The Hall–Kier alpha value is -2.21. The zero-order valence-corrected chi connectivity index (χ0v) is 18.8. The largest absolute Gasteiger partial charge is 0.504 e. The van der Waals surface area contributed by atoms with Crippen LogP contribution < -0.4 is 15.4 Å². The molecule has 3 heterocycles. The Morgan fingerprint density at radius 3 is 2.93 bits per heavy atom. The second-order valence-electron chi connectivity index (χ2n) is 6.68. The first-order valence-corrected chi connectivity index (χ1v) is 11.0.